The standard InChI is InChI=1S/C20H24BrN5O2/c1-12(2)19-16-10-13(21)6-7-15(16)20(28)26(25-19)11-18(27)24-17(8-9-22)23-14-4-3-5-14/h6-10,12,14,22-23H,3-5,11H2,1-2H3,(H,24,27)/b17-8+,22-9?. The van der Waals surface area contributed by atoms with Crippen LogP contribution in [0.25, 0.3) is 10.8 Å². The zero-order valence-corrected chi connectivity index (χ0v) is 17.5. The molecule has 0 unspecified atom stereocenters. The van der Waals surface area contributed by atoms with Gasteiger partial charge in [-0.05, 0) is 49.5 Å². The summed E-state index contributed by atoms with van der Waals surface area (Å²) >= 11 is 3.44. The lowest BCUT2D eigenvalue weighted by Gasteiger charge is -2.28. The maximum Gasteiger partial charge on any atom is 0.275 e. The Labute approximate surface area is 171 Å². The topological polar surface area (TPSA) is 99.9 Å². The van der Waals surface area contributed by atoms with Crippen LogP contribution in [0.5, 0.6) is 0 Å². The van der Waals surface area contributed by atoms with E-state index in [0.29, 0.717) is 17.2 Å². The van der Waals surface area contributed by atoms with Gasteiger partial charge in [-0.2, -0.15) is 5.10 Å². The van der Waals surface area contributed by atoms with Crippen molar-refractivity contribution >= 4 is 38.8 Å². The highest BCUT2D eigenvalue weighted by atomic mass is 79.9. The molecule has 28 heavy (non-hydrogen) atoms. The van der Waals surface area contributed by atoms with E-state index in [-0.39, 0.29) is 23.9 Å². The third-order valence-electron chi connectivity index (χ3n) is 4.78. The highest BCUT2D eigenvalue weighted by molar-refractivity contribution is 9.10. The minimum absolute atomic E-state index is 0.0976. The van der Waals surface area contributed by atoms with Crippen molar-refractivity contribution in [3.63, 3.8) is 0 Å². The fourth-order valence-electron chi connectivity index (χ4n) is 3.12. The first kappa shape index (κ1) is 20.3. The van der Waals surface area contributed by atoms with E-state index < -0.39 is 0 Å². The summed E-state index contributed by atoms with van der Waals surface area (Å²) in [5, 5.41) is 19.0. The minimum atomic E-state index is -0.360. The molecular weight excluding hydrogens is 422 g/mol. The number of fused-ring (bicyclic) bond motifs is 1. The summed E-state index contributed by atoms with van der Waals surface area (Å²) in [7, 11) is 0. The van der Waals surface area contributed by atoms with Crippen molar-refractivity contribution in [2.75, 3.05) is 0 Å². The Balaban J connectivity index is 1.86. The summed E-state index contributed by atoms with van der Waals surface area (Å²) in [5.41, 5.74) is 0.470. The average Bonchev–Trinajstić information content (AvgIpc) is 2.60. The first-order valence-corrected chi connectivity index (χ1v) is 10.2. The van der Waals surface area contributed by atoms with E-state index >= 15 is 0 Å². The molecule has 1 amide bonds. The van der Waals surface area contributed by atoms with Gasteiger partial charge in [-0.15, -0.1) is 0 Å². The monoisotopic (exact) mass is 445 g/mol. The second kappa shape index (κ2) is 8.68. The van der Waals surface area contributed by atoms with Crippen LogP contribution in [0.3, 0.4) is 0 Å². The average molecular weight is 446 g/mol. The molecule has 2 aromatic rings. The van der Waals surface area contributed by atoms with Crippen molar-refractivity contribution in [3.05, 3.63) is 50.6 Å². The molecule has 0 atom stereocenters. The zero-order chi connectivity index (χ0) is 20.3. The molecule has 1 aromatic heterocycles. The van der Waals surface area contributed by atoms with Crippen LogP contribution >= 0.6 is 15.9 Å². The van der Waals surface area contributed by atoms with Crippen LogP contribution < -0.4 is 16.2 Å². The Morgan fingerprint density at radius 3 is 2.75 bits per heavy atom. The summed E-state index contributed by atoms with van der Waals surface area (Å²) in [6, 6.07) is 5.77. The second-order valence-corrected chi connectivity index (χ2v) is 8.18. The van der Waals surface area contributed by atoms with Gasteiger partial charge in [0.1, 0.15) is 12.4 Å². The molecular formula is C20H24BrN5O2. The number of halogens is 1. The molecule has 1 aliphatic rings. The van der Waals surface area contributed by atoms with Crippen molar-refractivity contribution in [2.24, 2.45) is 0 Å². The van der Waals surface area contributed by atoms with Crippen molar-refractivity contribution in [1.29, 1.82) is 5.41 Å². The molecule has 0 radical (unpaired) electrons. The van der Waals surface area contributed by atoms with Crippen LogP contribution in [0.4, 0.5) is 0 Å². The SMILES string of the molecule is CC(C)c1nn(CC(=O)N/C(=C/C=N)NC2CCC2)c(=O)c2ccc(Br)cc12. The molecule has 0 bridgehead atoms. The Kier molecular flexibility index (Phi) is 6.28. The highest BCUT2D eigenvalue weighted by Gasteiger charge is 2.19. The molecule has 1 heterocycles. The van der Waals surface area contributed by atoms with Gasteiger partial charge < -0.3 is 16.0 Å². The Bertz CT molecular complexity index is 992. The van der Waals surface area contributed by atoms with Crippen molar-refractivity contribution in [2.45, 2.75) is 51.6 Å². The molecule has 3 N–H and O–H groups in total. The fourth-order valence-corrected chi connectivity index (χ4v) is 3.49. The number of nitrogens with zero attached hydrogens (tertiary/aromatic N) is 2. The number of carbonyl (C=O) groups excluding carboxylic acids is 1. The van der Waals surface area contributed by atoms with Gasteiger partial charge >= 0.3 is 0 Å². The number of benzene rings is 1. The predicted octanol–water partition coefficient (Wildman–Crippen LogP) is 3.03. The van der Waals surface area contributed by atoms with Gasteiger partial charge in [0.25, 0.3) is 5.56 Å². The third-order valence-corrected chi connectivity index (χ3v) is 5.27. The molecule has 1 aromatic carbocycles. The molecule has 3 rings (SSSR count). The number of nitrogens with one attached hydrogen (secondary N) is 3. The largest absolute Gasteiger partial charge is 0.369 e. The number of aromatic nitrogens is 2. The van der Waals surface area contributed by atoms with Gasteiger partial charge in [0, 0.05) is 22.1 Å². The summed E-state index contributed by atoms with van der Waals surface area (Å²) in [6.07, 6.45) is 5.88. The number of hydrogen-bond donors (Lipinski definition) is 3. The zero-order valence-electron chi connectivity index (χ0n) is 16.0. The summed E-state index contributed by atoms with van der Waals surface area (Å²) < 4.78 is 2.09. The van der Waals surface area contributed by atoms with E-state index in [1.165, 1.54) is 10.8 Å². The number of amides is 1. The van der Waals surface area contributed by atoms with Crippen LogP contribution in [-0.4, -0.2) is 27.9 Å². The molecule has 0 aliphatic heterocycles. The van der Waals surface area contributed by atoms with E-state index in [9.17, 15) is 9.59 Å². The molecule has 0 saturated heterocycles. The first-order valence-electron chi connectivity index (χ1n) is 9.36. The lowest BCUT2D eigenvalue weighted by molar-refractivity contribution is -0.121. The molecule has 148 valence electrons. The van der Waals surface area contributed by atoms with E-state index in [0.717, 1.165) is 41.0 Å². The van der Waals surface area contributed by atoms with Gasteiger partial charge in [-0.1, -0.05) is 29.8 Å². The number of rotatable bonds is 7. The molecule has 7 nitrogen and oxygen atoms in total. The summed E-state index contributed by atoms with van der Waals surface area (Å²) in [4.78, 5) is 25.4. The second-order valence-electron chi connectivity index (χ2n) is 7.26. The van der Waals surface area contributed by atoms with Gasteiger partial charge in [0.2, 0.25) is 5.91 Å². The summed E-state index contributed by atoms with van der Waals surface area (Å²) in [5.74, 6) is 0.215. The van der Waals surface area contributed by atoms with Gasteiger partial charge in [-0.25, -0.2) is 4.68 Å². The highest BCUT2D eigenvalue weighted by Crippen LogP contribution is 2.24. The lowest BCUT2D eigenvalue weighted by Crippen LogP contribution is -2.42. The van der Waals surface area contributed by atoms with E-state index in [1.807, 2.05) is 26.0 Å². The van der Waals surface area contributed by atoms with Crippen LogP contribution in [0, 0.1) is 5.41 Å². The molecule has 1 fully saturated rings. The molecule has 1 aliphatic carbocycles. The lowest BCUT2D eigenvalue weighted by atomic mass is 9.93. The Morgan fingerprint density at radius 1 is 1.39 bits per heavy atom. The van der Waals surface area contributed by atoms with Crippen molar-refractivity contribution in [1.82, 2.24) is 20.4 Å². The Morgan fingerprint density at radius 2 is 2.14 bits per heavy atom. The van der Waals surface area contributed by atoms with Crippen LogP contribution in [0.2, 0.25) is 0 Å². The number of allylic oxidation sites excluding steroid dienone is 1. The number of carbonyl (C=O) groups is 1. The van der Waals surface area contributed by atoms with Gasteiger partial charge in [-0.3, -0.25) is 9.59 Å². The first-order chi connectivity index (χ1) is 13.4. The third kappa shape index (κ3) is 4.49. The predicted molar refractivity (Wildman–Crippen MR) is 114 cm³/mol. The number of hydrogen-bond acceptors (Lipinski definition) is 5. The fraction of sp³-hybridized carbons (Fsp3) is 0.400. The van der Waals surface area contributed by atoms with E-state index in [4.69, 9.17) is 5.41 Å². The quantitative estimate of drug-likeness (QED) is 0.570. The van der Waals surface area contributed by atoms with Crippen LogP contribution in [0.15, 0.2) is 39.4 Å². The van der Waals surface area contributed by atoms with Gasteiger partial charge in [0.05, 0.1) is 11.1 Å². The Hall–Kier alpha value is -2.48. The smallest absolute Gasteiger partial charge is 0.275 e. The molecule has 8 heteroatoms. The normalized spacial score (nSPS) is 14.8. The van der Waals surface area contributed by atoms with Crippen molar-refractivity contribution in [3.8, 4) is 0 Å². The molecule has 0 spiro atoms. The van der Waals surface area contributed by atoms with Gasteiger partial charge in [0.15, 0.2) is 0 Å². The van der Waals surface area contributed by atoms with E-state index in [1.54, 1.807) is 6.07 Å². The maximum atomic E-state index is 12.8. The van der Waals surface area contributed by atoms with E-state index in [2.05, 4.69) is 31.7 Å². The minimum Gasteiger partial charge on any atom is -0.369 e. The maximum absolute atomic E-state index is 12.8. The molecule has 1 saturated carbocycles. The van der Waals surface area contributed by atoms with Crippen LogP contribution in [-0.2, 0) is 11.3 Å². The summed E-state index contributed by atoms with van der Waals surface area (Å²) in [6.45, 7) is 3.82. The van der Waals surface area contributed by atoms with Crippen molar-refractivity contribution < 1.29 is 4.79 Å². The van der Waals surface area contributed by atoms with Crippen LogP contribution in [0.1, 0.15) is 44.7 Å².